The van der Waals surface area contributed by atoms with E-state index in [1.54, 1.807) is 4.90 Å². The highest BCUT2D eigenvalue weighted by Crippen LogP contribution is 2.08. The van der Waals surface area contributed by atoms with Crippen molar-refractivity contribution in [1.29, 1.82) is 0 Å². The summed E-state index contributed by atoms with van der Waals surface area (Å²) in [5, 5.41) is 10.3. The van der Waals surface area contributed by atoms with Crippen LogP contribution in [0.2, 0.25) is 0 Å². The maximum Gasteiger partial charge on any atom is 0.247 e. The normalized spacial score (nSPS) is 10.8. The Morgan fingerprint density at radius 2 is 1.83 bits per heavy atom. The van der Waals surface area contributed by atoms with Crippen molar-refractivity contribution in [2.45, 2.75) is 26.4 Å². The van der Waals surface area contributed by atoms with Crippen molar-refractivity contribution in [3.05, 3.63) is 48.0 Å². The molecule has 0 fully saturated rings. The molecule has 1 aromatic carbocycles. The average Bonchev–Trinajstić information content (AvgIpc) is 2.34. The highest BCUT2D eigenvalue weighted by Gasteiger charge is 2.14. The standard InChI is InChI=1S/C14H17NO3/c1-11(2)15(13(16)8-9-14(17)18)10-12-6-4-3-5-7-12/h3-9,11H,10H2,1-2H3,(H,17,18)/p-1. The Labute approximate surface area is 107 Å². The topological polar surface area (TPSA) is 60.4 Å². The summed E-state index contributed by atoms with van der Waals surface area (Å²) >= 11 is 0. The largest absolute Gasteiger partial charge is 0.545 e. The van der Waals surface area contributed by atoms with Gasteiger partial charge in [-0.3, -0.25) is 4.79 Å². The van der Waals surface area contributed by atoms with Crippen molar-refractivity contribution in [3.8, 4) is 0 Å². The second kappa shape index (κ2) is 6.59. The lowest BCUT2D eigenvalue weighted by molar-refractivity contribution is -0.297. The van der Waals surface area contributed by atoms with Gasteiger partial charge in [-0.15, -0.1) is 0 Å². The number of benzene rings is 1. The van der Waals surface area contributed by atoms with Crippen LogP contribution in [0.5, 0.6) is 0 Å². The molecule has 0 atom stereocenters. The Morgan fingerprint density at radius 1 is 1.22 bits per heavy atom. The van der Waals surface area contributed by atoms with Crippen LogP contribution >= 0.6 is 0 Å². The van der Waals surface area contributed by atoms with Crippen molar-refractivity contribution in [2.24, 2.45) is 0 Å². The lowest BCUT2D eigenvalue weighted by Crippen LogP contribution is -2.35. The molecule has 1 amide bonds. The molecule has 0 saturated heterocycles. The second-order valence-electron chi connectivity index (χ2n) is 4.20. The number of carboxylic acids is 1. The summed E-state index contributed by atoms with van der Waals surface area (Å²) in [5.41, 5.74) is 1.00. The molecule has 0 heterocycles. The Hall–Kier alpha value is -2.10. The van der Waals surface area contributed by atoms with E-state index >= 15 is 0 Å². The number of hydrogen-bond donors (Lipinski definition) is 0. The average molecular weight is 246 g/mol. The number of nitrogens with zero attached hydrogens (tertiary/aromatic N) is 1. The molecule has 96 valence electrons. The van der Waals surface area contributed by atoms with E-state index in [0.717, 1.165) is 17.7 Å². The van der Waals surface area contributed by atoms with E-state index in [0.29, 0.717) is 6.54 Å². The maximum atomic E-state index is 11.8. The molecule has 0 aliphatic carbocycles. The molecule has 0 unspecified atom stereocenters. The molecule has 1 aromatic rings. The van der Waals surface area contributed by atoms with Gasteiger partial charge in [-0.1, -0.05) is 30.3 Å². The summed E-state index contributed by atoms with van der Waals surface area (Å²) in [7, 11) is 0. The van der Waals surface area contributed by atoms with E-state index in [4.69, 9.17) is 0 Å². The fraction of sp³-hybridized carbons (Fsp3) is 0.286. The van der Waals surface area contributed by atoms with Crippen LogP contribution in [0.25, 0.3) is 0 Å². The van der Waals surface area contributed by atoms with Crippen molar-refractivity contribution < 1.29 is 14.7 Å². The van der Waals surface area contributed by atoms with Crippen LogP contribution in [0.1, 0.15) is 19.4 Å². The van der Waals surface area contributed by atoms with Gasteiger partial charge in [0.05, 0.1) is 5.97 Å². The molecule has 0 saturated carbocycles. The van der Waals surface area contributed by atoms with Gasteiger partial charge in [0, 0.05) is 18.7 Å². The Kier molecular flexibility index (Phi) is 5.11. The molecule has 0 aliphatic heterocycles. The van der Waals surface area contributed by atoms with Crippen molar-refractivity contribution in [2.75, 3.05) is 0 Å². The summed E-state index contributed by atoms with van der Waals surface area (Å²) in [6.45, 7) is 4.22. The first-order valence-electron chi connectivity index (χ1n) is 5.74. The monoisotopic (exact) mass is 246 g/mol. The number of carboxylic acid groups (broad SMARTS) is 1. The van der Waals surface area contributed by atoms with Gasteiger partial charge in [0.15, 0.2) is 0 Å². The van der Waals surface area contributed by atoms with Gasteiger partial charge in [0.25, 0.3) is 0 Å². The molecule has 0 spiro atoms. The summed E-state index contributed by atoms with van der Waals surface area (Å²) in [5.74, 6) is -1.70. The zero-order valence-electron chi connectivity index (χ0n) is 10.5. The Morgan fingerprint density at radius 3 is 2.33 bits per heavy atom. The predicted octanol–water partition coefficient (Wildman–Crippen LogP) is 0.730. The van der Waals surface area contributed by atoms with E-state index in [1.165, 1.54) is 0 Å². The highest BCUT2D eigenvalue weighted by molar-refractivity contribution is 5.93. The molecule has 0 aromatic heterocycles. The van der Waals surface area contributed by atoms with E-state index in [1.807, 2.05) is 44.2 Å². The minimum atomic E-state index is -1.37. The molecule has 0 bridgehead atoms. The van der Waals surface area contributed by atoms with Crippen LogP contribution in [0.15, 0.2) is 42.5 Å². The van der Waals surface area contributed by atoms with Crippen LogP contribution in [0.4, 0.5) is 0 Å². The minimum Gasteiger partial charge on any atom is -0.545 e. The molecule has 18 heavy (non-hydrogen) atoms. The smallest absolute Gasteiger partial charge is 0.247 e. The van der Waals surface area contributed by atoms with Crippen molar-refractivity contribution in [3.63, 3.8) is 0 Å². The van der Waals surface area contributed by atoms with Crippen LogP contribution in [-0.4, -0.2) is 22.8 Å². The predicted molar refractivity (Wildman–Crippen MR) is 66.3 cm³/mol. The zero-order valence-corrected chi connectivity index (χ0v) is 10.5. The highest BCUT2D eigenvalue weighted by atomic mass is 16.4. The first-order valence-corrected chi connectivity index (χ1v) is 5.74. The summed E-state index contributed by atoms with van der Waals surface area (Å²) < 4.78 is 0. The number of carbonyl (C=O) groups excluding carboxylic acids is 2. The van der Waals surface area contributed by atoms with E-state index in [-0.39, 0.29) is 11.9 Å². The number of carbonyl (C=O) groups is 2. The van der Waals surface area contributed by atoms with Crippen LogP contribution in [0, 0.1) is 0 Å². The SMILES string of the molecule is CC(C)N(Cc1ccccc1)C(=O)C=CC(=O)[O-]. The lowest BCUT2D eigenvalue weighted by Gasteiger charge is -2.25. The van der Waals surface area contributed by atoms with Crippen molar-refractivity contribution in [1.82, 2.24) is 4.90 Å². The Balaban J connectivity index is 2.77. The van der Waals surface area contributed by atoms with Gasteiger partial charge >= 0.3 is 0 Å². The zero-order chi connectivity index (χ0) is 13.5. The molecular formula is C14H16NO3-. The van der Waals surface area contributed by atoms with Gasteiger partial charge in [-0.25, -0.2) is 0 Å². The second-order valence-corrected chi connectivity index (χ2v) is 4.20. The summed E-state index contributed by atoms with van der Waals surface area (Å²) in [6.07, 6.45) is 1.78. The third-order valence-corrected chi connectivity index (χ3v) is 2.46. The summed E-state index contributed by atoms with van der Waals surface area (Å²) in [6, 6.07) is 9.53. The third-order valence-electron chi connectivity index (χ3n) is 2.46. The molecule has 4 heteroatoms. The van der Waals surface area contributed by atoms with Gasteiger partial charge < -0.3 is 14.8 Å². The van der Waals surface area contributed by atoms with E-state index in [9.17, 15) is 14.7 Å². The Bertz CT molecular complexity index is 438. The quantitative estimate of drug-likeness (QED) is 0.720. The number of hydrogen-bond acceptors (Lipinski definition) is 3. The molecule has 0 aliphatic rings. The van der Waals surface area contributed by atoms with Gasteiger partial charge in [0.1, 0.15) is 0 Å². The summed E-state index contributed by atoms with van der Waals surface area (Å²) in [4.78, 5) is 23.7. The van der Waals surface area contributed by atoms with Crippen LogP contribution in [-0.2, 0) is 16.1 Å². The van der Waals surface area contributed by atoms with Crippen LogP contribution in [0.3, 0.4) is 0 Å². The van der Waals surface area contributed by atoms with Gasteiger partial charge in [0.2, 0.25) is 5.91 Å². The molecule has 4 nitrogen and oxygen atoms in total. The third kappa shape index (κ3) is 4.41. The lowest BCUT2D eigenvalue weighted by atomic mass is 10.2. The number of aliphatic carboxylic acids is 1. The molecule has 1 rings (SSSR count). The number of amides is 1. The first-order chi connectivity index (χ1) is 8.50. The first kappa shape index (κ1) is 14.0. The fourth-order valence-electron chi connectivity index (χ4n) is 1.53. The van der Waals surface area contributed by atoms with Crippen molar-refractivity contribution >= 4 is 11.9 Å². The van der Waals surface area contributed by atoms with Gasteiger partial charge in [-0.05, 0) is 25.5 Å². The minimum absolute atomic E-state index is 0.0101. The molecular weight excluding hydrogens is 230 g/mol. The molecule has 0 N–H and O–H groups in total. The number of rotatable bonds is 5. The molecule has 0 radical (unpaired) electrons. The van der Waals surface area contributed by atoms with Gasteiger partial charge in [-0.2, -0.15) is 0 Å². The maximum absolute atomic E-state index is 11.8. The fourth-order valence-corrected chi connectivity index (χ4v) is 1.53. The van der Waals surface area contributed by atoms with Crippen LogP contribution < -0.4 is 5.11 Å². The van der Waals surface area contributed by atoms with E-state index < -0.39 is 5.97 Å². The van der Waals surface area contributed by atoms with E-state index in [2.05, 4.69) is 0 Å².